The van der Waals surface area contributed by atoms with Crippen molar-refractivity contribution in [1.29, 1.82) is 0 Å². The molecule has 0 bridgehead atoms. The summed E-state index contributed by atoms with van der Waals surface area (Å²) in [5.74, 6) is 0.340. The lowest BCUT2D eigenvalue weighted by Crippen LogP contribution is -2.22. The Bertz CT molecular complexity index is 299. The lowest BCUT2D eigenvalue weighted by Gasteiger charge is -2.03. The lowest BCUT2D eigenvalue weighted by atomic mass is 10.2. The second-order valence-electron chi connectivity index (χ2n) is 2.45. The third-order valence-corrected chi connectivity index (χ3v) is 1.54. The largest absolute Gasteiger partial charge is 0.481 e. The third-order valence-electron chi connectivity index (χ3n) is 1.54. The van der Waals surface area contributed by atoms with Gasteiger partial charge in [0.2, 0.25) is 5.88 Å². The summed E-state index contributed by atoms with van der Waals surface area (Å²) in [5.41, 5.74) is 0.564. The van der Waals surface area contributed by atoms with Crippen LogP contribution in [0.15, 0.2) is 18.3 Å². The van der Waals surface area contributed by atoms with Gasteiger partial charge in [-0.2, -0.15) is 0 Å². The van der Waals surface area contributed by atoms with Gasteiger partial charge in [0.05, 0.1) is 7.11 Å². The number of aromatic nitrogens is 1. The number of ether oxygens (including phenoxy) is 1. The molecule has 1 rings (SSSR count). The predicted molar refractivity (Wildman–Crippen MR) is 48.8 cm³/mol. The molecular weight excluding hydrogens is 168 g/mol. The van der Waals surface area contributed by atoms with Crippen LogP contribution in [0.3, 0.4) is 0 Å². The van der Waals surface area contributed by atoms with E-state index in [1.165, 1.54) is 7.11 Å². The van der Waals surface area contributed by atoms with Gasteiger partial charge < -0.3 is 10.1 Å². The fourth-order valence-corrected chi connectivity index (χ4v) is 0.925. The Morgan fingerprint density at radius 3 is 3.08 bits per heavy atom. The van der Waals surface area contributed by atoms with Gasteiger partial charge in [-0.15, -0.1) is 0 Å². The molecule has 1 N–H and O–H groups in total. The summed E-state index contributed by atoms with van der Waals surface area (Å²) < 4.78 is 4.89. The van der Waals surface area contributed by atoms with Gasteiger partial charge in [-0.1, -0.05) is 0 Å². The van der Waals surface area contributed by atoms with E-state index in [1.54, 1.807) is 18.3 Å². The number of nitrogens with zero attached hydrogens (tertiary/aromatic N) is 1. The van der Waals surface area contributed by atoms with Gasteiger partial charge in [-0.25, -0.2) is 4.98 Å². The number of rotatable bonds is 3. The smallest absolute Gasteiger partial charge is 0.251 e. The molecule has 0 aliphatic heterocycles. The van der Waals surface area contributed by atoms with Gasteiger partial charge >= 0.3 is 0 Å². The Morgan fingerprint density at radius 2 is 2.46 bits per heavy atom. The van der Waals surface area contributed by atoms with E-state index in [-0.39, 0.29) is 5.91 Å². The molecule has 0 spiro atoms. The molecule has 4 heteroatoms. The minimum absolute atomic E-state index is 0.108. The van der Waals surface area contributed by atoms with Gasteiger partial charge in [0.1, 0.15) is 0 Å². The molecule has 1 aromatic rings. The average Bonchev–Trinajstić information content (AvgIpc) is 2.18. The molecule has 1 aromatic heterocycles. The SMILES string of the molecule is CCNC(=O)c1ccnc(OC)c1. The van der Waals surface area contributed by atoms with Crippen LogP contribution in [0.2, 0.25) is 0 Å². The fourth-order valence-electron chi connectivity index (χ4n) is 0.925. The molecular formula is C9H12N2O2. The Kier molecular flexibility index (Phi) is 3.25. The molecule has 0 saturated heterocycles. The van der Waals surface area contributed by atoms with Gasteiger partial charge in [0.15, 0.2) is 0 Å². The first-order chi connectivity index (χ1) is 6.27. The lowest BCUT2D eigenvalue weighted by molar-refractivity contribution is 0.0955. The zero-order chi connectivity index (χ0) is 9.68. The zero-order valence-electron chi connectivity index (χ0n) is 7.70. The first-order valence-corrected chi connectivity index (χ1v) is 4.06. The summed E-state index contributed by atoms with van der Waals surface area (Å²) in [4.78, 5) is 15.2. The predicted octanol–water partition coefficient (Wildman–Crippen LogP) is 0.840. The molecule has 4 nitrogen and oxygen atoms in total. The van der Waals surface area contributed by atoms with E-state index in [4.69, 9.17) is 4.74 Å². The quantitative estimate of drug-likeness (QED) is 0.749. The first kappa shape index (κ1) is 9.51. The van der Waals surface area contributed by atoms with Crippen LogP contribution in [0.25, 0.3) is 0 Å². The van der Waals surface area contributed by atoms with Crippen molar-refractivity contribution < 1.29 is 9.53 Å². The van der Waals surface area contributed by atoms with Crippen LogP contribution in [0.1, 0.15) is 17.3 Å². The molecule has 0 fully saturated rings. The van der Waals surface area contributed by atoms with E-state index in [0.29, 0.717) is 18.0 Å². The van der Waals surface area contributed by atoms with Crippen LogP contribution in [0.5, 0.6) is 5.88 Å². The Morgan fingerprint density at radius 1 is 1.69 bits per heavy atom. The summed E-state index contributed by atoms with van der Waals surface area (Å²) >= 11 is 0. The van der Waals surface area contributed by atoms with Crippen molar-refractivity contribution >= 4 is 5.91 Å². The summed E-state index contributed by atoms with van der Waals surface area (Å²) in [6, 6.07) is 3.25. The highest BCUT2D eigenvalue weighted by Crippen LogP contribution is 2.07. The van der Waals surface area contributed by atoms with Crippen molar-refractivity contribution in [3.05, 3.63) is 23.9 Å². The van der Waals surface area contributed by atoms with Crippen molar-refractivity contribution in [2.75, 3.05) is 13.7 Å². The number of methoxy groups -OCH3 is 1. The van der Waals surface area contributed by atoms with Crippen LogP contribution >= 0.6 is 0 Å². The summed E-state index contributed by atoms with van der Waals surface area (Å²) in [7, 11) is 1.52. The first-order valence-electron chi connectivity index (χ1n) is 4.06. The van der Waals surface area contributed by atoms with Gasteiger partial charge in [-0.05, 0) is 13.0 Å². The van der Waals surface area contributed by atoms with Crippen LogP contribution in [-0.2, 0) is 0 Å². The highest BCUT2D eigenvalue weighted by Gasteiger charge is 2.04. The van der Waals surface area contributed by atoms with Crippen LogP contribution in [0.4, 0.5) is 0 Å². The van der Waals surface area contributed by atoms with E-state index in [0.717, 1.165) is 0 Å². The highest BCUT2D eigenvalue weighted by atomic mass is 16.5. The topological polar surface area (TPSA) is 51.2 Å². The maximum absolute atomic E-state index is 11.3. The molecule has 0 atom stereocenters. The number of amides is 1. The van der Waals surface area contributed by atoms with E-state index < -0.39 is 0 Å². The molecule has 0 saturated carbocycles. The molecule has 0 radical (unpaired) electrons. The highest BCUT2D eigenvalue weighted by molar-refractivity contribution is 5.94. The minimum Gasteiger partial charge on any atom is -0.481 e. The second-order valence-corrected chi connectivity index (χ2v) is 2.45. The molecule has 0 unspecified atom stereocenters. The normalized spacial score (nSPS) is 9.38. The van der Waals surface area contributed by atoms with Crippen molar-refractivity contribution in [1.82, 2.24) is 10.3 Å². The monoisotopic (exact) mass is 180 g/mol. The number of nitrogens with one attached hydrogen (secondary N) is 1. The van der Waals surface area contributed by atoms with Crippen molar-refractivity contribution in [2.24, 2.45) is 0 Å². The molecule has 70 valence electrons. The second kappa shape index (κ2) is 4.45. The van der Waals surface area contributed by atoms with Crippen molar-refractivity contribution in [3.8, 4) is 5.88 Å². The van der Waals surface area contributed by atoms with Crippen molar-refractivity contribution in [2.45, 2.75) is 6.92 Å². The van der Waals surface area contributed by atoms with Crippen LogP contribution in [0, 0.1) is 0 Å². The fraction of sp³-hybridized carbons (Fsp3) is 0.333. The zero-order valence-corrected chi connectivity index (χ0v) is 7.70. The van der Waals surface area contributed by atoms with E-state index in [9.17, 15) is 4.79 Å². The maximum atomic E-state index is 11.3. The Balaban J connectivity index is 2.82. The number of carbonyl (C=O) groups is 1. The van der Waals surface area contributed by atoms with Crippen LogP contribution < -0.4 is 10.1 Å². The number of pyridine rings is 1. The summed E-state index contributed by atoms with van der Waals surface area (Å²) in [5, 5.41) is 2.69. The van der Waals surface area contributed by atoms with E-state index >= 15 is 0 Å². The Labute approximate surface area is 76.9 Å². The number of hydrogen-bond acceptors (Lipinski definition) is 3. The van der Waals surface area contributed by atoms with Gasteiger partial charge in [0.25, 0.3) is 5.91 Å². The minimum atomic E-state index is -0.108. The van der Waals surface area contributed by atoms with Gasteiger partial charge in [0, 0.05) is 24.4 Å². The standard InChI is InChI=1S/C9H12N2O2/c1-3-10-9(12)7-4-5-11-8(6-7)13-2/h4-6H,3H2,1-2H3,(H,10,12). The number of carbonyl (C=O) groups excluding carboxylic acids is 1. The molecule has 0 aromatic carbocycles. The molecule has 1 amide bonds. The van der Waals surface area contributed by atoms with E-state index in [2.05, 4.69) is 10.3 Å². The average molecular weight is 180 g/mol. The Hall–Kier alpha value is -1.58. The van der Waals surface area contributed by atoms with Gasteiger partial charge in [-0.3, -0.25) is 4.79 Å². The van der Waals surface area contributed by atoms with E-state index in [1.807, 2.05) is 6.92 Å². The van der Waals surface area contributed by atoms with Crippen LogP contribution in [-0.4, -0.2) is 24.5 Å². The molecule has 0 aliphatic rings. The molecule has 0 aliphatic carbocycles. The van der Waals surface area contributed by atoms with Crippen molar-refractivity contribution in [3.63, 3.8) is 0 Å². The third kappa shape index (κ3) is 2.43. The number of hydrogen-bond donors (Lipinski definition) is 1. The summed E-state index contributed by atoms with van der Waals surface area (Å²) in [6.07, 6.45) is 1.55. The maximum Gasteiger partial charge on any atom is 0.251 e. The summed E-state index contributed by atoms with van der Waals surface area (Å²) in [6.45, 7) is 2.49. The molecule has 1 heterocycles. The molecule has 13 heavy (non-hydrogen) atoms.